The molecule has 0 radical (unpaired) electrons. The number of aromatic amines is 1. The van der Waals surface area contributed by atoms with E-state index in [2.05, 4.69) is 27.3 Å². The molecule has 1 amide bonds. The fraction of sp³-hybridized carbons (Fsp3) is 0.211. The Morgan fingerprint density at radius 1 is 1.28 bits per heavy atom. The van der Waals surface area contributed by atoms with Crippen molar-refractivity contribution in [2.75, 3.05) is 6.54 Å². The first-order valence-electron chi connectivity index (χ1n) is 8.21. The van der Waals surface area contributed by atoms with Gasteiger partial charge in [-0.25, -0.2) is 4.98 Å². The first kappa shape index (κ1) is 15.8. The Labute approximate surface area is 150 Å². The van der Waals surface area contributed by atoms with Crippen molar-refractivity contribution in [2.45, 2.75) is 19.9 Å². The summed E-state index contributed by atoms with van der Waals surface area (Å²) in [6.07, 6.45) is 4.85. The van der Waals surface area contributed by atoms with Crippen molar-refractivity contribution in [2.24, 2.45) is 0 Å². The molecule has 1 aliphatic heterocycles. The highest BCUT2D eigenvalue weighted by Crippen LogP contribution is 2.25. The van der Waals surface area contributed by atoms with Gasteiger partial charge in [-0.3, -0.25) is 9.89 Å². The van der Waals surface area contributed by atoms with E-state index in [1.54, 1.807) is 5.51 Å². The molecule has 0 bridgehead atoms. The van der Waals surface area contributed by atoms with Crippen LogP contribution in [0.4, 0.5) is 0 Å². The lowest BCUT2D eigenvalue weighted by atomic mass is 10.0. The van der Waals surface area contributed by atoms with Crippen LogP contribution < -0.4 is 0 Å². The molecule has 6 heteroatoms. The Balaban J connectivity index is 1.56. The summed E-state index contributed by atoms with van der Waals surface area (Å²) in [5, 5.41) is 7.55. The quantitative estimate of drug-likeness (QED) is 0.786. The molecule has 0 fully saturated rings. The Morgan fingerprint density at radius 3 is 2.88 bits per heavy atom. The molecule has 0 spiro atoms. The average Bonchev–Trinajstić information content (AvgIpc) is 3.26. The highest BCUT2D eigenvalue weighted by molar-refractivity contribution is 7.11. The first-order valence-corrected chi connectivity index (χ1v) is 9.09. The van der Waals surface area contributed by atoms with Crippen LogP contribution >= 0.6 is 11.3 Å². The number of rotatable bonds is 3. The van der Waals surface area contributed by atoms with E-state index >= 15 is 0 Å². The minimum atomic E-state index is 0.0600. The number of amides is 1. The van der Waals surface area contributed by atoms with E-state index in [4.69, 9.17) is 0 Å². The summed E-state index contributed by atoms with van der Waals surface area (Å²) in [6.45, 7) is 3.16. The number of carbonyl (C=O) groups excluding carboxylic acids is 1. The van der Waals surface area contributed by atoms with Crippen molar-refractivity contribution in [1.29, 1.82) is 0 Å². The minimum absolute atomic E-state index is 0.0600. The van der Waals surface area contributed by atoms with Gasteiger partial charge in [0.15, 0.2) is 0 Å². The number of fused-ring (bicyclic) bond motifs is 1. The molecule has 3 aromatic rings. The van der Waals surface area contributed by atoms with Crippen molar-refractivity contribution in [3.63, 3.8) is 0 Å². The third-order valence-electron chi connectivity index (χ3n) is 4.43. The molecule has 0 aliphatic carbocycles. The summed E-state index contributed by atoms with van der Waals surface area (Å²) >= 11 is 1.41. The van der Waals surface area contributed by atoms with Crippen LogP contribution in [0.25, 0.3) is 12.2 Å². The molecular weight excluding hydrogens is 332 g/mol. The fourth-order valence-corrected chi connectivity index (χ4v) is 3.79. The second-order valence-corrected chi connectivity index (χ2v) is 6.91. The molecule has 0 saturated heterocycles. The molecule has 0 unspecified atom stereocenters. The van der Waals surface area contributed by atoms with E-state index in [-0.39, 0.29) is 5.91 Å². The molecule has 3 heterocycles. The number of hydrogen-bond donors (Lipinski definition) is 1. The average molecular weight is 350 g/mol. The van der Waals surface area contributed by atoms with Crippen LogP contribution in [-0.4, -0.2) is 32.5 Å². The molecule has 2 aromatic heterocycles. The van der Waals surface area contributed by atoms with E-state index in [1.807, 2.05) is 42.2 Å². The minimum Gasteiger partial charge on any atom is -0.333 e. The van der Waals surface area contributed by atoms with Crippen molar-refractivity contribution in [3.8, 4) is 0 Å². The Hall–Kier alpha value is -2.73. The molecule has 0 atom stereocenters. The molecule has 0 saturated carbocycles. The summed E-state index contributed by atoms with van der Waals surface area (Å²) in [5.41, 5.74) is 6.79. The second kappa shape index (κ2) is 6.64. The van der Waals surface area contributed by atoms with Gasteiger partial charge in [0.1, 0.15) is 4.88 Å². The fourth-order valence-electron chi connectivity index (χ4n) is 3.02. The number of aromatic nitrogens is 3. The van der Waals surface area contributed by atoms with Gasteiger partial charge in [-0.1, -0.05) is 36.4 Å². The van der Waals surface area contributed by atoms with Crippen molar-refractivity contribution in [3.05, 3.63) is 68.9 Å². The van der Waals surface area contributed by atoms with Gasteiger partial charge >= 0.3 is 0 Å². The second-order valence-electron chi connectivity index (χ2n) is 6.05. The maximum Gasteiger partial charge on any atom is 0.266 e. The lowest BCUT2D eigenvalue weighted by Gasteiger charge is -2.26. The number of H-pyrrole nitrogens is 1. The molecule has 25 heavy (non-hydrogen) atoms. The van der Waals surface area contributed by atoms with E-state index in [0.717, 1.165) is 39.5 Å². The summed E-state index contributed by atoms with van der Waals surface area (Å²) in [7, 11) is 0. The van der Waals surface area contributed by atoms with Crippen molar-refractivity contribution < 1.29 is 4.79 Å². The maximum absolute atomic E-state index is 12.8. The zero-order chi connectivity index (χ0) is 17.2. The monoisotopic (exact) mass is 350 g/mol. The van der Waals surface area contributed by atoms with Crippen LogP contribution in [0, 0.1) is 6.92 Å². The highest BCUT2D eigenvalue weighted by Gasteiger charge is 2.26. The number of nitrogens with one attached hydrogen (secondary N) is 1. The normalized spacial score (nSPS) is 14.0. The number of nitrogens with zero attached hydrogens (tertiary/aromatic N) is 3. The van der Waals surface area contributed by atoms with Crippen LogP contribution in [0.1, 0.15) is 37.9 Å². The van der Waals surface area contributed by atoms with Gasteiger partial charge in [0.2, 0.25) is 0 Å². The van der Waals surface area contributed by atoms with Gasteiger partial charge in [-0.2, -0.15) is 5.10 Å². The molecule has 1 aliphatic rings. The topological polar surface area (TPSA) is 61.9 Å². The van der Waals surface area contributed by atoms with Gasteiger partial charge in [0, 0.05) is 30.8 Å². The molecular formula is C19H18N4OS. The summed E-state index contributed by atoms with van der Waals surface area (Å²) < 4.78 is 0. The van der Waals surface area contributed by atoms with E-state index in [0.29, 0.717) is 13.1 Å². The van der Waals surface area contributed by atoms with Crippen LogP contribution in [-0.2, 0) is 13.0 Å². The Bertz CT molecular complexity index is 926. The zero-order valence-corrected chi connectivity index (χ0v) is 14.7. The van der Waals surface area contributed by atoms with Gasteiger partial charge in [-0.05, 0) is 18.6 Å². The van der Waals surface area contributed by atoms with Crippen molar-refractivity contribution in [1.82, 2.24) is 20.1 Å². The Kier molecular flexibility index (Phi) is 4.19. The van der Waals surface area contributed by atoms with Gasteiger partial charge < -0.3 is 4.90 Å². The van der Waals surface area contributed by atoms with Crippen LogP contribution in [0.3, 0.4) is 0 Å². The van der Waals surface area contributed by atoms with E-state index in [9.17, 15) is 4.79 Å². The highest BCUT2D eigenvalue weighted by atomic mass is 32.1. The maximum atomic E-state index is 12.8. The zero-order valence-electron chi connectivity index (χ0n) is 13.9. The summed E-state index contributed by atoms with van der Waals surface area (Å²) in [5.74, 6) is 0.0600. The van der Waals surface area contributed by atoms with Gasteiger partial charge in [0.25, 0.3) is 5.91 Å². The largest absolute Gasteiger partial charge is 0.333 e. The first-order chi connectivity index (χ1) is 12.2. The lowest BCUT2D eigenvalue weighted by molar-refractivity contribution is 0.0738. The molecule has 1 N–H and O–H groups in total. The van der Waals surface area contributed by atoms with Crippen LogP contribution in [0.5, 0.6) is 0 Å². The number of thiazole rings is 1. The standard InChI is InChI=1S/C19H18N4OS/c1-13-18(25-12-20-13)19(24)23-10-9-17-15(11-23)16(21-22-17)8-7-14-5-3-2-4-6-14/h2-8,12H,9-11H2,1H3,(H,21,22). The number of carbonyl (C=O) groups is 1. The van der Waals surface area contributed by atoms with E-state index < -0.39 is 0 Å². The third kappa shape index (κ3) is 3.13. The predicted octanol–water partition coefficient (Wildman–Crippen LogP) is 3.54. The van der Waals surface area contributed by atoms with Crippen molar-refractivity contribution >= 4 is 29.4 Å². The smallest absolute Gasteiger partial charge is 0.266 e. The summed E-state index contributed by atoms with van der Waals surface area (Å²) in [6, 6.07) is 10.1. The van der Waals surface area contributed by atoms with Crippen LogP contribution in [0.2, 0.25) is 0 Å². The SMILES string of the molecule is Cc1ncsc1C(=O)N1CCc2[nH]nc(C=Cc3ccccc3)c2C1. The summed E-state index contributed by atoms with van der Waals surface area (Å²) in [4.78, 5) is 19.6. The molecule has 1 aromatic carbocycles. The lowest BCUT2D eigenvalue weighted by Crippen LogP contribution is -2.35. The number of aryl methyl sites for hydroxylation is 1. The molecule has 4 rings (SSSR count). The van der Waals surface area contributed by atoms with E-state index in [1.165, 1.54) is 11.3 Å². The van der Waals surface area contributed by atoms with Gasteiger partial charge in [-0.15, -0.1) is 11.3 Å². The molecule has 5 nitrogen and oxygen atoms in total. The van der Waals surface area contributed by atoms with Crippen LogP contribution in [0.15, 0.2) is 35.8 Å². The number of benzene rings is 1. The molecule has 126 valence electrons. The predicted molar refractivity (Wildman–Crippen MR) is 99.3 cm³/mol. The third-order valence-corrected chi connectivity index (χ3v) is 5.34. The number of hydrogen-bond acceptors (Lipinski definition) is 4. The Morgan fingerprint density at radius 2 is 2.12 bits per heavy atom. The van der Waals surface area contributed by atoms with Gasteiger partial charge in [0.05, 0.1) is 16.9 Å².